The fraction of sp³-hybridized carbons (Fsp3) is 0.167. The zero-order valence-electron chi connectivity index (χ0n) is 14.2. The molecule has 25 heavy (non-hydrogen) atoms. The van der Waals surface area contributed by atoms with E-state index in [9.17, 15) is 0 Å². The molecule has 1 atom stereocenters. The summed E-state index contributed by atoms with van der Waals surface area (Å²) in [5.74, 6) is 0.359. The Bertz CT molecular complexity index is 1080. The number of hydrogen-bond acceptors (Lipinski definition) is 0. The van der Waals surface area contributed by atoms with Crippen LogP contribution in [-0.4, -0.2) is 7.85 Å². The molecule has 0 heterocycles. The van der Waals surface area contributed by atoms with Gasteiger partial charge in [-0.05, 0) is 57.5 Å². The summed E-state index contributed by atoms with van der Waals surface area (Å²) in [4.78, 5) is 0. The lowest BCUT2D eigenvalue weighted by atomic mass is 9.68. The quantitative estimate of drug-likeness (QED) is 0.704. The first-order valence-corrected chi connectivity index (χ1v) is 9.09. The van der Waals surface area contributed by atoms with Crippen molar-refractivity contribution in [2.75, 3.05) is 0 Å². The van der Waals surface area contributed by atoms with E-state index in [-0.39, 0.29) is 0 Å². The van der Waals surface area contributed by atoms with Crippen LogP contribution < -0.4 is 10.4 Å². The number of allylic oxidation sites excluding steroid dienone is 5. The molecule has 118 valence electrons. The van der Waals surface area contributed by atoms with Gasteiger partial charge in [-0.3, -0.25) is 0 Å². The summed E-state index contributed by atoms with van der Waals surface area (Å²) < 4.78 is 0. The summed E-state index contributed by atoms with van der Waals surface area (Å²) in [7, 11) is 6.57. The van der Waals surface area contributed by atoms with Crippen LogP contribution in [0, 0.1) is 5.92 Å². The molecule has 5 rings (SSSR count). The van der Waals surface area contributed by atoms with Crippen molar-refractivity contribution in [3.63, 3.8) is 0 Å². The highest BCUT2D eigenvalue weighted by Gasteiger charge is 2.28. The molecule has 2 radical (unpaired) electrons. The molecule has 0 fully saturated rings. The number of benzene rings is 2. The van der Waals surface area contributed by atoms with E-state index in [0.717, 1.165) is 24.7 Å². The highest BCUT2D eigenvalue weighted by Crippen LogP contribution is 2.39. The fourth-order valence-corrected chi connectivity index (χ4v) is 4.54. The lowest BCUT2D eigenvalue weighted by Gasteiger charge is -2.31. The Labute approximate surface area is 150 Å². The lowest BCUT2D eigenvalue weighted by Crippen LogP contribution is -2.37. The molecule has 0 spiro atoms. The van der Waals surface area contributed by atoms with Crippen LogP contribution in [0.5, 0.6) is 0 Å². The van der Waals surface area contributed by atoms with Gasteiger partial charge < -0.3 is 0 Å². The zero-order chi connectivity index (χ0) is 16.8. The third kappa shape index (κ3) is 2.22. The minimum atomic E-state index is 0.359. The van der Waals surface area contributed by atoms with Gasteiger partial charge in [0.15, 0.2) is 0 Å². The van der Waals surface area contributed by atoms with Crippen LogP contribution in [0.4, 0.5) is 0 Å². The van der Waals surface area contributed by atoms with Crippen molar-refractivity contribution in [2.45, 2.75) is 19.3 Å². The average Bonchev–Trinajstić information content (AvgIpc) is 2.68. The van der Waals surface area contributed by atoms with Crippen molar-refractivity contribution in [3.8, 4) is 0 Å². The minimum Gasteiger partial charge on any atom is -0.0852 e. The van der Waals surface area contributed by atoms with E-state index >= 15 is 0 Å². The highest BCUT2D eigenvalue weighted by molar-refractivity contribution is 6.42. The maximum absolute atomic E-state index is 6.57. The zero-order valence-corrected chi connectivity index (χ0v) is 14.2. The molecule has 0 aliphatic heterocycles. The van der Waals surface area contributed by atoms with E-state index in [0.29, 0.717) is 5.92 Å². The van der Waals surface area contributed by atoms with Crippen LogP contribution in [0.2, 0.25) is 0 Å². The first-order chi connectivity index (χ1) is 12.3. The first-order valence-electron chi connectivity index (χ1n) is 9.09. The predicted molar refractivity (Wildman–Crippen MR) is 106 cm³/mol. The van der Waals surface area contributed by atoms with Gasteiger partial charge in [0.1, 0.15) is 7.85 Å². The Morgan fingerprint density at radius 3 is 2.72 bits per heavy atom. The third-order valence-corrected chi connectivity index (χ3v) is 5.69. The maximum atomic E-state index is 6.57. The molecule has 0 saturated carbocycles. The summed E-state index contributed by atoms with van der Waals surface area (Å²) in [5.41, 5.74) is 7.94. The van der Waals surface area contributed by atoms with Crippen molar-refractivity contribution >= 4 is 25.0 Å². The molecule has 3 aliphatic rings. The Kier molecular flexibility index (Phi) is 3.41. The summed E-state index contributed by atoms with van der Waals surface area (Å²) >= 11 is 0. The van der Waals surface area contributed by atoms with E-state index in [1.807, 2.05) is 0 Å². The van der Waals surface area contributed by atoms with Crippen LogP contribution in [-0.2, 0) is 6.42 Å². The standard InChI is InChI=1S/C24H19B/c25-24-21-13-5-3-11-19(21)23(20-12-4-6-14-22(20)24)18-15-7-9-16-8-1-2-10-17(16)18/h1,3-9,11,13-15,20H,2,10,12H2/t20-/m1/s1. The summed E-state index contributed by atoms with van der Waals surface area (Å²) in [5, 5.41) is 2.49. The van der Waals surface area contributed by atoms with Crippen LogP contribution in [0.15, 0.2) is 72.3 Å². The van der Waals surface area contributed by atoms with Crippen molar-refractivity contribution in [1.29, 1.82) is 0 Å². The molecule has 0 amide bonds. The average molecular weight is 318 g/mol. The molecule has 1 heteroatoms. The largest absolute Gasteiger partial charge is 0.115 e. The second-order valence-corrected chi connectivity index (χ2v) is 7.03. The van der Waals surface area contributed by atoms with Crippen LogP contribution in [0.1, 0.15) is 29.5 Å². The molecule has 3 aliphatic carbocycles. The molecular weight excluding hydrogens is 299 g/mol. The minimum absolute atomic E-state index is 0.359. The van der Waals surface area contributed by atoms with Crippen molar-refractivity contribution in [3.05, 3.63) is 99.5 Å². The van der Waals surface area contributed by atoms with Gasteiger partial charge in [-0.2, -0.15) is 0 Å². The van der Waals surface area contributed by atoms with Gasteiger partial charge in [0, 0.05) is 5.92 Å². The van der Waals surface area contributed by atoms with Crippen molar-refractivity contribution in [1.82, 2.24) is 0 Å². The van der Waals surface area contributed by atoms with Gasteiger partial charge >= 0.3 is 0 Å². The molecule has 0 unspecified atom stereocenters. The maximum Gasteiger partial charge on any atom is 0.115 e. The smallest absolute Gasteiger partial charge is 0.0852 e. The predicted octanol–water partition coefficient (Wildman–Crippen LogP) is 3.64. The summed E-state index contributed by atoms with van der Waals surface area (Å²) in [6.07, 6.45) is 14.4. The van der Waals surface area contributed by atoms with E-state index in [1.165, 1.54) is 38.3 Å². The van der Waals surface area contributed by atoms with Gasteiger partial charge in [0.05, 0.1) is 0 Å². The molecule has 0 saturated heterocycles. The van der Waals surface area contributed by atoms with Gasteiger partial charge in [-0.1, -0.05) is 78.3 Å². The molecule has 0 aromatic heterocycles. The van der Waals surface area contributed by atoms with E-state index in [2.05, 4.69) is 72.8 Å². The Balaban J connectivity index is 1.91. The van der Waals surface area contributed by atoms with E-state index < -0.39 is 0 Å². The highest BCUT2D eigenvalue weighted by atomic mass is 14.3. The first kappa shape index (κ1) is 14.8. The topological polar surface area (TPSA) is 0 Å². The lowest BCUT2D eigenvalue weighted by molar-refractivity contribution is 0.798. The van der Waals surface area contributed by atoms with E-state index in [4.69, 9.17) is 7.85 Å². The van der Waals surface area contributed by atoms with Crippen molar-refractivity contribution in [2.24, 2.45) is 5.92 Å². The molecule has 0 bridgehead atoms. The second kappa shape index (κ2) is 5.77. The summed E-state index contributed by atoms with van der Waals surface area (Å²) in [6, 6.07) is 15.4. The van der Waals surface area contributed by atoms with Gasteiger partial charge in [0.25, 0.3) is 0 Å². The number of rotatable bonds is 1. The Hall–Kier alpha value is -2.54. The molecular formula is C24H19B. The summed E-state index contributed by atoms with van der Waals surface area (Å²) in [6.45, 7) is 0. The molecule has 2 aromatic carbocycles. The number of hydrogen-bond donors (Lipinski definition) is 0. The number of fused-ring (bicyclic) bond motifs is 3. The Morgan fingerprint density at radius 2 is 1.80 bits per heavy atom. The van der Waals surface area contributed by atoms with E-state index in [1.54, 1.807) is 0 Å². The molecule has 0 N–H and O–H groups in total. The second-order valence-electron chi connectivity index (χ2n) is 7.03. The van der Waals surface area contributed by atoms with Crippen LogP contribution in [0.3, 0.4) is 0 Å². The third-order valence-electron chi connectivity index (χ3n) is 5.69. The van der Waals surface area contributed by atoms with Gasteiger partial charge in [-0.25, -0.2) is 0 Å². The monoisotopic (exact) mass is 318 g/mol. The fourth-order valence-electron chi connectivity index (χ4n) is 4.54. The molecule has 2 aromatic rings. The Morgan fingerprint density at radius 1 is 0.920 bits per heavy atom. The van der Waals surface area contributed by atoms with Crippen LogP contribution in [0.25, 0.3) is 17.1 Å². The van der Waals surface area contributed by atoms with Gasteiger partial charge in [-0.15, -0.1) is 0 Å². The van der Waals surface area contributed by atoms with Crippen LogP contribution >= 0.6 is 0 Å². The molecule has 0 nitrogen and oxygen atoms in total. The van der Waals surface area contributed by atoms with Crippen molar-refractivity contribution < 1.29 is 0 Å². The normalized spacial score (nSPS) is 20.6. The SMILES string of the molecule is [B]C1=c2ccccc2=C(c2cccc3c2CCC=C3)[C@@H]2CC=CC=C12. The van der Waals surface area contributed by atoms with Gasteiger partial charge in [0.2, 0.25) is 0 Å².